The Morgan fingerprint density at radius 2 is 2.09 bits per heavy atom. The minimum absolute atomic E-state index is 0.0398. The van der Waals surface area contributed by atoms with Crippen molar-refractivity contribution in [1.82, 2.24) is 0 Å². The van der Waals surface area contributed by atoms with Crippen molar-refractivity contribution >= 4 is 11.7 Å². The third kappa shape index (κ3) is 3.17. The molecule has 0 N–H and O–H groups in total. The molecule has 0 spiro atoms. The number of methoxy groups -OCH3 is 2. The molecule has 0 radical (unpaired) electrons. The van der Waals surface area contributed by atoms with Crippen LogP contribution in [0.3, 0.4) is 0 Å². The second kappa shape index (κ2) is 6.61. The van der Waals surface area contributed by atoms with E-state index in [1.807, 2.05) is 0 Å². The lowest BCUT2D eigenvalue weighted by Gasteiger charge is -2.07. The first-order chi connectivity index (χ1) is 10.6. The number of nitro groups is 1. The van der Waals surface area contributed by atoms with E-state index in [1.54, 1.807) is 0 Å². The van der Waals surface area contributed by atoms with Gasteiger partial charge in [0.15, 0.2) is 11.5 Å². The van der Waals surface area contributed by atoms with E-state index >= 15 is 0 Å². The molecule has 0 amide bonds. The molecule has 2 aromatic rings. The van der Waals surface area contributed by atoms with E-state index in [1.165, 1.54) is 44.7 Å². The van der Waals surface area contributed by atoms with Gasteiger partial charge in [-0.1, -0.05) is 0 Å². The third-order valence-corrected chi connectivity index (χ3v) is 2.87. The Balaban J connectivity index is 2.20. The fourth-order valence-corrected chi connectivity index (χ4v) is 1.78. The predicted octanol–water partition coefficient (Wildman–Crippen LogP) is 2.56. The van der Waals surface area contributed by atoms with Crippen molar-refractivity contribution in [3.05, 3.63) is 52.0 Å². The minimum atomic E-state index is -0.582. The molecule has 2 rings (SSSR count). The summed E-state index contributed by atoms with van der Waals surface area (Å²) in [4.78, 5) is 22.0. The summed E-state index contributed by atoms with van der Waals surface area (Å²) in [6.07, 6.45) is 1.31. The van der Waals surface area contributed by atoms with E-state index in [0.717, 1.165) is 0 Å². The van der Waals surface area contributed by atoms with Crippen LogP contribution in [0.25, 0.3) is 0 Å². The van der Waals surface area contributed by atoms with Gasteiger partial charge in [-0.2, -0.15) is 0 Å². The first kappa shape index (κ1) is 15.4. The number of esters is 1. The molecular weight excluding hydrogens is 294 g/mol. The molecule has 0 aliphatic rings. The van der Waals surface area contributed by atoms with Gasteiger partial charge < -0.3 is 18.6 Å². The number of rotatable bonds is 6. The average molecular weight is 307 g/mol. The normalized spacial score (nSPS) is 10.1. The van der Waals surface area contributed by atoms with Crippen LogP contribution in [0, 0.1) is 10.1 Å². The highest BCUT2D eigenvalue weighted by molar-refractivity contribution is 5.90. The van der Waals surface area contributed by atoms with E-state index < -0.39 is 10.9 Å². The van der Waals surface area contributed by atoms with Gasteiger partial charge in [0.25, 0.3) is 0 Å². The minimum Gasteiger partial charge on any atom is -0.496 e. The summed E-state index contributed by atoms with van der Waals surface area (Å²) >= 11 is 0. The molecule has 22 heavy (non-hydrogen) atoms. The summed E-state index contributed by atoms with van der Waals surface area (Å²) in [6, 6.07) is 5.63. The monoisotopic (exact) mass is 307 g/mol. The van der Waals surface area contributed by atoms with Gasteiger partial charge in [0.2, 0.25) is 0 Å². The Morgan fingerprint density at radius 1 is 1.32 bits per heavy atom. The summed E-state index contributed by atoms with van der Waals surface area (Å²) in [5.74, 6) is 0.0267. The maximum absolute atomic E-state index is 11.5. The third-order valence-electron chi connectivity index (χ3n) is 2.87. The fraction of sp³-hybridized carbons (Fsp3) is 0.214. The standard InChI is InChI=1S/C14H13NO7/c1-19-9-3-4-12(11(7-9)15(17)18)22-8-13-10(5-6-21-13)14(16)20-2/h3-7H,8H2,1-2H3. The van der Waals surface area contributed by atoms with E-state index in [4.69, 9.17) is 13.9 Å². The van der Waals surface area contributed by atoms with Crippen molar-refractivity contribution in [2.45, 2.75) is 6.61 Å². The smallest absolute Gasteiger partial charge is 0.341 e. The Kier molecular flexibility index (Phi) is 4.62. The SMILES string of the molecule is COC(=O)c1ccoc1COc1ccc(OC)cc1[N+](=O)[O-]. The van der Waals surface area contributed by atoms with Gasteiger partial charge in [-0.15, -0.1) is 0 Å². The number of carbonyl (C=O) groups is 1. The molecule has 0 fully saturated rings. The van der Waals surface area contributed by atoms with Crippen LogP contribution in [0.4, 0.5) is 5.69 Å². The summed E-state index contributed by atoms with van der Waals surface area (Å²) in [5.41, 5.74) is -0.0378. The van der Waals surface area contributed by atoms with Crippen LogP contribution < -0.4 is 9.47 Å². The van der Waals surface area contributed by atoms with Gasteiger partial charge in [0, 0.05) is 0 Å². The maximum atomic E-state index is 11.5. The van der Waals surface area contributed by atoms with E-state index in [0.29, 0.717) is 5.75 Å². The summed E-state index contributed by atoms with van der Waals surface area (Å²) in [6.45, 7) is -0.148. The van der Waals surface area contributed by atoms with Crippen LogP contribution in [0.2, 0.25) is 0 Å². The lowest BCUT2D eigenvalue weighted by molar-refractivity contribution is -0.386. The highest BCUT2D eigenvalue weighted by Crippen LogP contribution is 2.31. The van der Waals surface area contributed by atoms with Gasteiger partial charge in [-0.25, -0.2) is 4.79 Å². The quantitative estimate of drug-likeness (QED) is 0.459. The number of hydrogen-bond donors (Lipinski definition) is 0. The highest BCUT2D eigenvalue weighted by Gasteiger charge is 2.19. The predicted molar refractivity (Wildman–Crippen MR) is 74.0 cm³/mol. The maximum Gasteiger partial charge on any atom is 0.341 e. The molecule has 0 unspecified atom stereocenters. The molecule has 116 valence electrons. The number of carbonyl (C=O) groups excluding carboxylic acids is 1. The van der Waals surface area contributed by atoms with Gasteiger partial charge in [-0.3, -0.25) is 10.1 Å². The lowest BCUT2D eigenvalue weighted by atomic mass is 10.2. The van der Waals surface area contributed by atoms with Gasteiger partial charge in [0.05, 0.1) is 31.5 Å². The Bertz CT molecular complexity index is 692. The molecule has 1 aromatic carbocycles. The van der Waals surface area contributed by atoms with Crippen molar-refractivity contribution in [3.8, 4) is 11.5 Å². The number of furan rings is 1. The van der Waals surface area contributed by atoms with Crippen molar-refractivity contribution in [2.75, 3.05) is 14.2 Å². The summed E-state index contributed by atoms with van der Waals surface area (Å²) in [5, 5.41) is 11.0. The molecule has 8 heteroatoms. The summed E-state index contributed by atoms with van der Waals surface area (Å²) in [7, 11) is 2.65. The topological polar surface area (TPSA) is 101 Å². The zero-order chi connectivity index (χ0) is 16.1. The molecule has 0 bridgehead atoms. The van der Waals surface area contributed by atoms with Gasteiger partial charge in [0.1, 0.15) is 17.9 Å². The van der Waals surface area contributed by atoms with Crippen LogP contribution in [0.1, 0.15) is 16.1 Å². The molecule has 0 saturated carbocycles. The Hall–Kier alpha value is -3.03. The average Bonchev–Trinajstić information content (AvgIpc) is 3.00. The van der Waals surface area contributed by atoms with E-state index in [2.05, 4.69) is 4.74 Å². The largest absolute Gasteiger partial charge is 0.496 e. The zero-order valence-electron chi connectivity index (χ0n) is 11.9. The molecule has 1 aromatic heterocycles. The molecule has 0 aliphatic heterocycles. The van der Waals surface area contributed by atoms with Crippen molar-refractivity contribution in [1.29, 1.82) is 0 Å². The molecular formula is C14H13NO7. The highest BCUT2D eigenvalue weighted by atomic mass is 16.6. The van der Waals surface area contributed by atoms with E-state index in [9.17, 15) is 14.9 Å². The van der Waals surface area contributed by atoms with Crippen LogP contribution in [-0.4, -0.2) is 25.1 Å². The molecule has 0 saturated heterocycles. The van der Waals surface area contributed by atoms with Crippen molar-refractivity contribution in [2.24, 2.45) is 0 Å². The van der Waals surface area contributed by atoms with Crippen molar-refractivity contribution in [3.63, 3.8) is 0 Å². The van der Waals surface area contributed by atoms with Crippen molar-refractivity contribution < 1.29 is 28.3 Å². The number of ether oxygens (including phenoxy) is 3. The van der Waals surface area contributed by atoms with E-state index in [-0.39, 0.29) is 29.4 Å². The Morgan fingerprint density at radius 3 is 2.73 bits per heavy atom. The Labute approximate surface area is 125 Å². The molecule has 8 nitrogen and oxygen atoms in total. The van der Waals surface area contributed by atoms with Crippen LogP contribution >= 0.6 is 0 Å². The van der Waals surface area contributed by atoms with Crippen LogP contribution in [-0.2, 0) is 11.3 Å². The molecule has 1 heterocycles. The number of benzene rings is 1. The zero-order valence-corrected chi connectivity index (χ0v) is 11.9. The summed E-state index contributed by atoms with van der Waals surface area (Å²) < 4.78 is 20.0. The van der Waals surface area contributed by atoms with Gasteiger partial charge in [-0.05, 0) is 18.2 Å². The second-order valence-electron chi connectivity index (χ2n) is 4.13. The van der Waals surface area contributed by atoms with Crippen LogP contribution in [0.5, 0.6) is 11.5 Å². The van der Waals surface area contributed by atoms with Gasteiger partial charge >= 0.3 is 11.7 Å². The number of nitrogens with zero attached hydrogens (tertiary/aromatic N) is 1. The number of nitro benzene ring substituents is 1. The number of hydrogen-bond acceptors (Lipinski definition) is 7. The fourth-order valence-electron chi connectivity index (χ4n) is 1.78. The van der Waals surface area contributed by atoms with Crippen LogP contribution in [0.15, 0.2) is 34.9 Å². The molecule has 0 atom stereocenters. The second-order valence-corrected chi connectivity index (χ2v) is 4.13. The first-order valence-electron chi connectivity index (χ1n) is 6.16. The first-order valence-corrected chi connectivity index (χ1v) is 6.16. The lowest BCUT2D eigenvalue weighted by Crippen LogP contribution is -2.06. The molecule has 0 aliphatic carbocycles.